The van der Waals surface area contributed by atoms with E-state index in [9.17, 15) is 0 Å². The van der Waals surface area contributed by atoms with E-state index in [0.29, 0.717) is 0 Å². The van der Waals surface area contributed by atoms with Crippen molar-refractivity contribution in [1.29, 1.82) is 0 Å². The molecular formula is C13H27N. The number of hydrogen-bond acceptors (Lipinski definition) is 1. The smallest absolute Gasteiger partial charge is 0.00436 e. The van der Waals surface area contributed by atoms with Crippen LogP contribution in [0.2, 0.25) is 0 Å². The Hall–Kier alpha value is -0.0400. The molecule has 1 aliphatic heterocycles. The van der Waals surface area contributed by atoms with Gasteiger partial charge in [0.15, 0.2) is 0 Å². The highest BCUT2D eigenvalue weighted by Gasteiger charge is 2.32. The van der Waals surface area contributed by atoms with Crippen molar-refractivity contribution in [2.24, 2.45) is 5.41 Å². The van der Waals surface area contributed by atoms with Gasteiger partial charge in [-0.3, -0.25) is 0 Å². The normalized spacial score (nSPS) is 25.3. The quantitative estimate of drug-likeness (QED) is 0.624. The summed E-state index contributed by atoms with van der Waals surface area (Å²) in [6.45, 7) is 6.81. The molecule has 0 amide bonds. The molecule has 0 aromatic carbocycles. The lowest BCUT2D eigenvalue weighted by molar-refractivity contribution is 0.134. The zero-order chi connectivity index (χ0) is 10.3. The lowest BCUT2D eigenvalue weighted by Crippen LogP contribution is -2.37. The number of nitrogens with one attached hydrogen (secondary N) is 1. The Morgan fingerprint density at radius 3 is 1.86 bits per heavy atom. The van der Waals surface area contributed by atoms with E-state index in [0.717, 1.165) is 5.41 Å². The zero-order valence-electron chi connectivity index (χ0n) is 10.1. The maximum atomic E-state index is 3.46. The van der Waals surface area contributed by atoms with E-state index < -0.39 is 0 Å². The largest absolute Gasteiger partial charge is 0.317 e. The molecule has 1 saturated heterocycles. The average Bonchev–Trinajstić information content (AvgIpc) is 2.21. The van der Waals surface area contributed by atoms with Gasteiger partial charge < -0.3 is 5.32 Å². The molecule has 1 heteroatoms. The third kappa shape index (κ3) is 3.61. The van der Waals surface area contributed by atoms with Crippen molar-refractivity contribution in [2.45, 2.75) is 65.2 Å². The van der Waals surface area contributed by atoms with Crippen LogP contribution in [0.1, 0.15) is 65.2 Å². The standard InChI is InChI=1S/C10H19N.C3H8/c1-2-4-10(5-3-1)6-8-11-9-7-10;1-3-2/h11H,1-9H2;3H2,1-2H3. The van der Waals surface area contributed by atoms with Crippen molar-refractivity contribution in [3.8, 4) is 0 Å². The molecule has 2 aliphatic rings. The summed E-state index contributed by atoms with van der Waals surface area (Å²) in [6, 6.07) is 0. The maximum absolute atomic E-state index is 3.46. The molecule has 2 fully saturated rings. The van der Waals surface area contributed by atoms with Gasteiger partial charge in [0.05, 0.1) is 0 Å². The topological polar surface area (TPSA) is 12.0 Å². The number of piperidine rings is 1. The van der Waals surface area contributed by atoms with Crippen LogP contribution in [0.4, 0.5) is 0 Å². The Morgan fingerprint density at radius 2 is 1.36 bits per heavy atom. The molecule has 1 nitrogen and oxygen atoms in total. The summed E-state index contributed by atoms with van der Waals surface area (Å²) in [6.07, 6.45) is 11.7. The van der Waals surface area contributed by atoms with Gasteiger partial charge in [-0.05, 0) is 44.2 Å². The Kier molecular flexibility index (Phi) is 5.54. The molecule has 1 N–H and O–H groups in total. The van der Waals surface area contributed by atoms with Gasteiger partial charge in [-0.1, -0.05) is 39.5 Å². The molecule has 2 rings (SSSR count). The first kappa shape index (κ1) is 12.0. The van der Waals surface area contributed by atoms with Crippen LogP contribution < -0.4 is 5.32 Å². The summed E-state index contributed by atoms with van der Waals surface area (Å²) in [5, 5.41) is 3.46. The second kappa shape index (κ2) is 6.44. The van der Waals surface area contributed by atoms with Crippen molar-refractivity contribution >= 4 is 0 Å². The summed E-state index contributed by atoms with van der Waals surface area (Å²) in [5.74, 6) is 0. The Balaban J connectivity index is 0.000000293. The molecule has 1 saturated carbocycles. The van der Waals surface area contributed by atoms with Crippen LogP contribution in [-0.2, 0) is 0 Å². The predicted molar refractivity (Wildman–Crippen MR) is 63.6 cm³/mol. The molecule has 0 aromatic heterocycles. The first-order valence-corrected chi connectivity index (χ1v) is 6.54. The third-order valence-corrected chi connectivity index (χ3v) is 3.58. The maximum Gasteiger partial charge on any atom is -0.00436 e. The summed E-state index contributed by atoms with van der Waals surface area (Å²) in [7, 11) is 0. The van der Waals surface area contributed by atoms with E-state index in [1.807, 2.05) is 0 Å². The first-order valence-electron chi connectivity index (χ1n) is 6.54. The SMILES string of the molecule is C1CCC2(CC1)CCNCC2.CCC. The second-order valence-electron chi connectivity index (χ2n) is 5.02. The molecule has 1 aliphatic carbocycles. The Labute approximate surface area is 89.7 Å². The molecule has 0 radical (unpaired) electrons. The van der Waals surface area contributed by atoms with Gasteiger partial charge in [-0.2, -0.15) is 0 Å². The minimum absolute atomic E-state index is 0.795. The lowest BCUT2D eigenvalue weighted by atomic mass is 9.68. The van der Waals surface area contributed by atoms with Gasteiger partial charge >= 0.3 is 0 Å². The van der Waals surface area contributed by atoms with Crippen molar-refractivity contribution in [1.82, 2.24) is 5.32 Å². The molecular weight excluding hydrogens is 170 g/mol. The molecule has 0 bridgehead atoms. The Morgan fingerprint density at radius 1 is 0.857 bits per heavy atom. The van der Waals surface area contributed by atoms with Gasteiger partial charge in [0.1, 0.15) is 0 Å². The zero-order valence-corrected chi connectivity index (χ0v) is 10.1. The van der Waals surface area contributed by atoms with E-state index in [-0.39, 0.29) is 0 Å². The average molecular weight is 197 g/mol. The highest BCUT2D eigenvalue weighted by molar-refractivity contribution is 4.86. The van der Waals surface area contributed by atoms with Gasteiger partial charge in [0.2, 0.25) is 0 Å². The molecule has 84 valence electrons. The van der Waals surface area contributed by atoms with Crippen LogP contribution >= 0.6 is 0 Å². The van der Waals surface area contributed by atoms with E-state index in [1.165, 1.54) is 64.5 Å². The summed E-state index contributed by atoms with van der Waals surface area (Å²) in [5.41, 5.74) is 0.795. The van der Waals surface area contributed by atoms with Crippen LogP contribution in [0, 0.1) is 5.41 Å². The molecule has 1 heterocycles. The fourth-order valence-electron chi connectivity index (χ4n) is 2.76. The van der Waals surface area contributed by atoms with Crippen molar-refractivity contribution in [3.05, 3.63) is 0 Å². The summed E-state index contributed by atoms with van der Waals surface area (Å²) in [4.78, 5) is 0. The molecule has 14 heavy (non-hydrogen) atoms. The highest BCUT2D eigenvalue weighted by atomic mass is 14.9. The lowest BCUT2D eigenvalue weighted by Gasteiger charge is -2.40. The van der Waals surface area contributed by atoms with E-state index >= 15 is 0 Å². The summed E-state index contributed by atoms with van der Waals surface area (Å²) < 4.78 is 0. The monoisotopic (exact) mass is 197 g/mol. The minimum Gasteiger partial charge on any atom is -0.317 e. The van der Waals surface area contributed by atoms with Crippen molar-refractivity contribution in [3.63, 3.8) is 0 Å². The van der Waals surface area contributed by atoms with Gasteiger partial charge in [0.25, 0.3) is 0 Å². The van der Waals surface area contributed by atoms with Crippen LogP contribution in [0.15, 0.2) is 0 Å². The Bertz CT molecular complexity index is 111. The fraction of sp³-hybridized carbons (Fsp3) is 1.00. The van der Waals surface area contributed by atoms with E-state index in [4.69, 9.17) is 0 Å². The predicted octanol–water partition coefficient (Wildman–Crippen LogP) is 3.74. The first-order chi connectivity index (χ1) is 6.83. The molecule has 0 unspecified atom stereocenters. The van der Waals surface area contributed by atoms with Crippen LogP contribution in [-0.4, -0.2) is 13.1 Å². The van der Waals surface area contributed by atoms with Gasteiger partial charge in [-0.15, -0.1) is 0 Å². The highest BCUT2D eigenvalue weighted by Crippen LogP contribution is 2.42. The van der Waals surface area contributed by atoms with Gasteiger partial charge in [-0.25, -0.2) is 0 Å². The van der Waals surface area contributed by atoms with Crippen molar-refractivity contribution < 1.29 is 0 Å². The van der Waals surface area contributed by atoms with Crippen LogP contribution in [0.3, 0.4) is 0 Å². The second-order valence-corrected chi connectivity index (χ2v) is 5.02. The molecule has 0 atom stereocenters. The van der Waals surface area contributed by atoms with Crippen LogP contribution in [0.25, 0.3) is 0 Å². The minimum atomic E-state index is 0.795. The number of rotatable bonds is 0. The van der Waals surface area contributed by atoms with Crippen molar-refractivity contribution in [2.75, 3.05) is 13.1 Å². The van der Waals surface area contributed by atoms with E-state index in [2.05, 4.69) is 19.2 Å². The van der Waals surface area contributed by atoms with E-state index in [1.54, 1.807) is 0 Å². The molecule has 1 spiro atoms. The summed E-state index contributed by atoms with van der Waals surface area (Å²) >= 11 is 0. The third-order valence-electron chi connectivity index (χ3n) is 3.58. The number of hydrogen-bond donors (Lipinski definition) is 1. The molecule has 0 aromatic rings. The fourth-order valence-corrected chi connectivity index (χ4v) is 2.76. The van der Waals surface area contributed by atoms with Crippen LogP contribution in [0.5, 0.6) is 0 Å². The van der Waals surface area contributed by atoms with Gasteiger partial charge in [0, 0.05) is 0 Å².